The summed E-state index contributed by atoms with van der Waals surface area (Å²) >= 11 is 5.64. The Balaban J connectivity index is 1.80. The summed E-state index contributed by atoms with van der Waals surface area (Å²) in [5, 5.41) is 11.1. The van der Waals surface area contributed by atoms with Crippen LogP contribution in [-0.2, 0) is 20.7 Å². The fourth-order valence-corrected chi connectivity index (χ4v) is 2.15. The predicted octanol–water partition coefficient (Wildman–Crippen LogP) is 3.74. The number of esters is 1. The van der Waals surface area contributed by atoms with Crippen molar-refractivity contribution in [3.05, 3.63) is 70.5 Å². The Hall–Kier alpha value is -3.17. The molecule has 0 unspecified atom stereocenters. The zero-order valence-corrected chi connectivity index (χ0v) is 14.3. The first-order chi connectivity index (χ1) is 12.5. The Morgan fingerprint density at radius 1 is 1.23 bits per heavy atom. The molecule has 7 heteroatoms. The molecule has 1 N–H and O–H groups in total. The van der Waals surface area contributed by atoms with Crippen molar-refractivity contribution in [2.75, 3.05) is 11.9 Å². The second-order valence-corrected chi connectivity index (χ2v) is 5.60. The van der Waals surface area contributed by atoms with Crippen LogP contribution in [0.25, 0.3) is 6.08 Å². The summed E-state index contributed by atoms with van der Waals surface area (Å²) < 4.78 is 17.9. The van der Waals surface area contributed by atoms with Crippen molar-refractivity contribution in [3.63, 3.8) is 0 Å². The SMILES string of the molecule is N#CCc1ccc(NC(=O)COC(=O)/C=C/c2ccc(F)c(Cl)c2)cc1. The lowest BCUT2D eigenvalue weighted by molar-refractivity contribution is -0.142. The highest BCUT2D eigenvalue weighted by Gasteiger charge is 2.06. The second kappa shape index (κ2) is 9.35. The first-order valence-electron chi connectivity index (χ1n) is 7.53. The highest BCUT2D eigenvalue weighted by Crippen LogP contribution is 2.16. The van der Waals surface area contributed by atoms with Gasteiger partial charge in [0, 0.05) is 11.8 Å². The summed E-state index contributed by atoms with van der Waals surface area (Å²) in [5.41, 5.74) is 1.89. The third kappa shape index (κ3) is 6.04. The molecule has 0 aliphatic rings. The Morgan fingerprint density at radius 3 is 2.62 bits per heavy atom. The van der Waals surface area contributed by atoms with Crippen LogP contribution in [0.15, 0.2) is 48.5 Å². The fraction of sp³-hybridized carbons (Fsp3) is 0.105. The largest absolute Gasteiger partial charge is 0.452 e. The van der Waals surface area contributed by atoms with Gasteiger partial charge >= 0.3 is 5.97 Å². The van der Waals surface area contributed by atoms with Gasteiger partial charge in [-0.2, -0.15) is 5.26 Å². The quantitative estimate of drug-likeness (QED) is 0.618. The highest BCUT2D eigenvalue weighted by atomic mass is 35.5. The van der Waals surface area contributed by atoms with Crippen molar-refractivity contribution in [1.29, 1.82) is 5.26 Å². The Labute approximate surface area is 154 Å². The standard InChI is InChI=1S/C19H14ClFN2O3/c20-16-11-14(3-7-17(16)21)4-8-19(25)26-12-18(24)23-15-5-1-13(2-6-15)9-10-22/h1-8,11H,9,12H2,(H,23,24)/b8-4+. The van der Waals surface area contributed by atoms with Gasteiger partial charge in [0.15, 0.2) is 6.61 Å². The molecule has 0 saturated carbocycles. The van der Waals surface area contributed by atoms with Gasteiger partial charge in [-0.1, -0.05) is 29.8 Å². The Kier molecular flexibility index (Phi) is 6.89. The molecule has 0 saturated heterocycles. The van der Waals surface area contributed by atoms with E-state index in [0.717, 1.165) is 11.6 Å². The number of hydrogen-bond donors (Lipinski definition) is 1. The van der Waals surface area contributed by atoms with Crippen LogP contribution in [0.1, 0.15) is 11.1 Å². The molecule has 0 atom stereocenters. The molecule has 0 spiro atoms. The highest BCUT2D eigenvalue weighted by molar-refractivity contribution is 6.30. The van der Waals surface area contributed by atoms with Crippen LogP contribution in [0.2, 0.25) is 5.02 Å². The van der Waals surface area contributed by atoms with Crippen LogP contribution in [-0.4, -0.2) is 18.5 Å². The van der Waals surface area contributed by atoms with Gasteiger partial charge in [0.25, 0.3) is 5.91 Å². The summed E-state index contributed by atoms with van der Waals surface area (Å²) in [7, 11) is 0. The third-order valence-corrected chi connectivity index (χ3v) is 3.51. The number of halogens is 2. The van der Waals surface area contributed by atoms with Gasteiger partial charge in [-0.15, -0.1) is 0 Å². The Bertz CT molecular complexity index is 873. The number of hydrogen-bond acceptors (Lipinski definition) is 4. The molecule has 0 fully saturated rings. The molecule has 2 rings (SSSR count). The number of carbonyl (C=O) groups is 2. The van der Waals surface area contributed by atoms with E-state index in [-0.39, 0.29) is 11.4 Å². The molecule has 2 aromatic carbocycles. The number of benzene rings is 2. The number of anilines is 1. The third-order valence-electron chi connectivity index (χ3n) is 3.22. The van der Waals surface area contributed by atoms with E-state index in [4.69, 9.17) is 21.6 Å². The molecule has 0 heterocycles. The molecule has 2 aromatic rings. The second-order valence-electron chi connectivity index (χ2n) is 5.19. The van der Waals surface area contributed by atoms with Crippen LogP contribution in [0, 0.1) is 17.1 Å². The first-order valence-corrected chi connectivity index (χ1v) is 7.91. The lowest BCUT2D eigenvalue weighted by Crippen LogP contribution is -2.20. The van der Waals surface area contributed by atoms with E-state index in [1.54, 1.807) is 24.3 Å². The van der Waals surface area contributed by atoms with Gasteiger partial charge in [-0.3, -0.25) is 4.79 Å². The topological polar surface area (TPSA) is 79.2 Å². The van der Waals surface area contributed by atoms with Crippen LogP contribution < -0.4 is 5.32 Å². The molecular weight excluding hydrogens is 359 g/mol. The molecule has 0 bridgehead atoms. The molecule has 0 aliphatic carbocycles. The van der Waals surface area contributed by atoms with E-state index in [1.807, 2.05) is 6.07 Å². The van der Waals surface area contributed by atoms with E-state index in [1.165, 1.54) is 24.3 Å². The summed E-state index contributed by atoms with van der Waals surface area (Å²) in [5.74, 6) is -1.77. The van der Waals surface area contributed by atoms with Gasteiger partial charge < -0.3 is 10.1 Å². The lowest BCUT2D eigenvalue weighted by Gasteiger charge is -2.06. The van der Waals surface area contributed by atoms with Crippen molar-refractivity contribution in [2.24, 2.45) is 0 Å². The van der Waals surface area contributed by atoms with Crippen LogP contribution in [0.5, 0.6) is 0 Å². The maximum absolute atomic E-state index is 13.0. The minimum Gasteiger partial charge on any atom is -0.452 e. The molecule has 132 valence electrons. The van der Waals surface area contributed by atoms with Gasteiger partial charge in [0.05, 0.1) is 17.5 Å². The molecule has 5 nitrogen and oxygen atoms in total. The average Bonchev–Trinajstić information content (AvgIpc) is 2.63. The van der Waals surface area contributed by atoms with E-state index in [9.17, 15) is 14.0 Å². The predicted molar refractivity (Wildman–Crippen MR) is 95.8 cm³/mol. The van der Waals surface area contributed by atoms with Crippen molar-refractivity contribution in [3.8, 4) is 6.07 Å². The number of carbonyl (C=O) groups excluding carboxylic acids is 2. The molecule has 0 aliphatic heterocycles. The summed E-state index contributed by atoms with van der Waals surface area (Å²) in [4.78, 5) is 23.4. The van der Waals surface area contributed by atoms with Crippen LogP contribution in [0.4, 0.5) is 10.1 Å². The molecule has 1 amide bonds. The van der Waals surface area contributed by atoms with Gasteiger partial charge in [-0.25, -0.2) is 9.18 Å². The summed E-state index contributed by atoms with van der Waals surface area (Å²) in [6.45, 7) is -0.451. The number of ether oxygens (including phenoxy) is 1. The maximum Gasteiger partial charge on any atom is 0.331 e. The smallest absolute Gasteiger partial charge is 0.331 e. The summed E-state index contributed by atoms with van der Waals surface area (Å²) in [6.07, 6.45) is 2.81. The summed E-state index contributed by atoms with van der Waals surface area (Å²) in [6, 6.07) is 12.8. The van der Waals surface area contributed by atoms with E-state index >= 15 is 0 Å². The maximum atomic E-state index is 13.0. The molecule has 26 heavy (non-hydrogen) atoms. The van der Waals surface area contributed by atoms with Gasteiger partial charge in [0.1, 0.15) is 5.82 Å². The molecule has 0 radical (unpaired) electrons. The normalized spacial score (nSPS) is 10.3. The van der Waals surface area contributed by atoms with Crippen molar-refractivity contribution in [2.45, 2.75) is 6.42 Å². The molecular formula is C19H14ClFN2O3. The van der Waals surface area contributed by atoms with E-state index < -0.39 is 24.3 Å². The average molecular weight is 373 g/mol. The number of nitriles is 1. The van der Waals surface area contributed by atoms with Gasteiger partial charge in [0.2, 0.25) is 0 Å². The van der Waals surface area contributed by atoms with E-state index in [0.29, 0.717) is 11.3 Å². The minimum absolute atomic E-state index is 0.0549. The van der Waals surface area contributed by atoms with Gasteiger partial charge in [-0.05, 0) is 41.5 Å². The van der Waals surface area contributed by atoms with Crippen molar-refractivity contribution in [1.82, 2.24) is 0 Å². The number of rotatable bonds is 6. The first kappa shape index (κ1) is 19.2. The number of nitrogens with zero attached hydrogens (tertiary/aromatic N) is 1. The van der Waals surface area contributed by atoms with Crippen molar-refractivity contribution >= 4 is 35.2 Å². The minimum atomic E-state index is -0.718. The zero-order valence-electron chi connectivity index (χ0n) is 13.5. The van der Waals surface area contributed by atoms with Crippen LogP contribution in [0.3, 0.4) is 0 Å². The van der Waals surface area contributed by atoms with Crippen LogP contribution >= 0.6 is 11.6 Å². The monoisotopic (exact) mass is 372 g/mol. The molecule has 0 aromatic heterocycles. The lowest BCUT2D eigenvalue weighted by atomic mass is 10.1. The number of amides is 1. The van der Waals surface area contributed by atoms with E-state index in [2.05, 4.69) is 5.32 Å². The number of nitrogens with one attached hydrogen (secondary N) is 1. The zero-order chi connectivity index (χ0) is 18.9. The van der Waals surface area contributed by atoms with Crippen molar-refractivity contribution < 1.29 is 18.7 Å². The fourth-order valence-electron chi connectivity index (χ4n) is 1.96. The Morgan fingerprint density at radius 2 is 1.96 bits per heavy atom.